The Morgan fingerprint density at radius 2 is 0.913 bits per heavy atom. The van der Waals surface area contributed by atoms with Gasteiger partial charge < -0.3 is 10.2 Å². The number of amides is 4. The molecule has 0 atom stereocenters. The normalized spacial score (nSPS) is 14.3. The van der Waals surface area contributed by atoms with Gasteiger partial charge in [0.1, 0.15) is 0 Å². The molecule has 4 amide bonds. The average molecular weight is 789 g/mol. The number of aliphatic hydroxyl groups is 2. The molecule has 0 bridgehead atoms. The number of thiophene rings is 2. The van der Waals surface area contributed by atoms with Gasteiger partial charge in [0.2, 0.25) is 0 Å². The maximum Gasteiger partial charge on any atom is 0.262 e. The third-order valence-corrected chi connectivity index (χ3v) is 11.8. The number of imide groups is 2. The SMILES string of the molecule is O=C1c2cc(-c3ccc(Br)s3)c3c4c(cc(-c5ccc(Br)s5)c(c24)C(=O)N1CCCCCCO)C(=O)N(CCCCCCO)C3=O. The van der Waals surface area contributed by atoms with E-state index >= 15 is 0 Å². The third-order valence-electron chi connectivity index (χ3n) is 8.53. The van der Waals surface area contributed by atoms with E-state index in [0.29, 0.717) is 69.8 Å². The highest BCUT2D eigenvalue weighted by atomic mass is 79.9. The van der Waals surface area contributed by atoms with E-state index in [2.05, 4.69) is 31.9 Å². The summed E-state index contributed by atoms with van der Waals surface area (Å²) in [4.78, 5) is 61.2. The lowest BCUT2D eigenvalue weighted by Gasteiger charge is -2.34. The van der Waals surface area contributed by atoms with Crippen LogP contribution in [-0.2, 0) is 0 Å². The van der Waals surface area contributed by atoms with Crippen molar-refractivity contribution in [2.24, 2.45) is 0 Å². The van der Waals surface area contributed by atoms with E-state index in [1.165, 1.54) is 32.5 Å². The van der Waals surface area contributed by atoms with Crippen molar-refractivity contribution < 1.29 is 29.4 Å². The zero-order valence-electron chi connectivity index (χ0n) is 24.9. The zero-order valence-corrected chi connectivity index (χ0v) is 29.7. The number of benzene rings is 2. The van der Waals surface area contributed by atoms with Gasteiger partial charge in [0.05, 0.1) is 18.7 Å². The molecular formula is C34H32Br2N2O6S2. The van der Waals surface area contributed by atoms with Gasteiger partial charge in [-0.15, -0.1) is 22.7 Å². The summed E-state index contributed by atoms with van der Waals surface area (Å²) in [5.41, 5.74) is 2.39. The van der Waals surface area contributed by atoms with Crippen LogP contribution in [0.25, 0.3) is 31.7 Å². The number of hydrogen-bond donors (Lipinski definition) is 2. The van der Waals surface area contributed by atoms with Gasteiger partial charge in [-0.05, 0) is 93.9 Å². The molecule has 0 unspecified atom stereocenters. The molecule has 0 aliphatic carbocycles. The quantitative estimate of drug-likeness (QED) is 0.0986. The van der Waals surface area contributed by atoms with Crippen molar-refractivity contribution >= 4 is 88.9 Å². The summed E-state index contributed by atoms with van der Waals surface area (Å²) >= 11 is 9.92. The van der Waals surface area contributed by atoms with Crippen LogP contribution >= 0.6 is 54.5 Å². The maximum atomic E-state index is 14.3. The Morgan fingerprint density at radius 3 is 1.26 bits per heavy atom. The van der Waals surface area contributed by atoms with Crippen LogP contribution in [-0.4, -0.2) is 69.9 Å². The molecule has 6 rings (SSSR count). The van der Waals surface area contributed by atoms with Crippen molar-refractivity contribution in [3.05, 3.63) is 66.2 Å². The van der Waals surface area contributed by atoms with Gasteiger partial charge in [-0.25, -0.2) is 0 Å². The van der Waals surface area contributed by atoms with E-state index in [1.54, 1.807) is 12.1 Å². The fourth-order valence-electron chi connectivity index (χ4n) is 6.35. The third kappa shape index (κ3) is 6.04. The highest BCUT2D eigenvalue weighted by Crippen LogP contribution is 2.48. The molecule has 2 aromatic carbocycles. The van der Waals surface area contributed by atoms with E-state index in [-0.39, 0.29) is 26.3 Å². The van der Waals surface area contributed by atoms with Gasteiger partial charge in [0.15, 0.2) is 0 Å². The molecule has 0 fully saturated rings. The van der Waals surface area contributed by atoms with Gasteiger partial charge >= 0.3 is 0 Å². The zero-order chi connectivity index (χ0) is 32.5. The number of rotatable bonds is 14. The molecule has 0 radical (unpaired) electrons. The Bertz CT molecular complexity index is 1730. The fourth-order valence-corrected chi connectivity index (χ4v) is 9.16. The number of carbonyl (C=O) groups excluding carboxylic acids is 4. The standard InChI is InChI=1S/C34H32Br2N2O6S2/c35-25-11-9-23(45-25)19-18-22-28-27-21(31(41)37(33(43)29(19)27)13-5-1-3-7-15-39)17-20(24-10-12-26(36)46-24)30(28)34(44)38(32(22)42)14-6-2-4-8-16-40/h9-12,17-18,39-40H,1-8,13-16H2. The Hall–Kier alpha value is -2.74. The van der Waals surface area contributed by atoms with Crippen LogP contribution in [0, 0.1) is 0 Å². The smallest absolute Gasteiger partial charge is 0.262 e. The van der Waals surface area contributed by atoms with E-state index in [1.807, 2.05) is 24.3 Å². The molecule has 2 aromatic heterocycles. The van der Waals surface area contributed by atoms with Crippen LogP contribution in [0.3, 0.4) is 0 Å². The summed E-state index contributed by atoms with van der Waals surface area (Å²) in [6.45, 7) is 0.648. The predicted molar refractivity (Wildman–Crippen MR) is 188 cm³/mol. The second-order valence-corrected chi connectivity index (χ2v) is 16.4. The fraction of sp³-hybridized carbons (Fsp3) is 0.353. The maximum absolute atomic E-state index is 14.3. The van der Waals surface area contributed by atoms with Crippen LogP contribution < -0.4 is 0 Å². The molecule has 46 heavy (non-hydrogen) atoms. The molecule has 12 heteroatoms. The Kier molecular flexibility index (Phi) is 10.2. The largest absolute Gasteiger partial charge is 0.396 e. The highest BCUT2D eigenvalue weighted by Gasteiger charge is 2.43. The molecule has 0 saturated heterocycles. The van der Waals surface area contributed by atoms with Crippen molar-refractivity contribution in [1.29, 1.82) is 0 Å². The van der Waals surface area contributed by atoms with Crippen LogP contribution in [0.5, 0.6) is 0 Å². The first kappa shape index (κ1) is 33.2. The van der Waals surface area contributed by atoms with E-state index in [0.717, 1.165) is 43.0 Å². The number of halogens is 2. The number of carbonyl (C=O) groups is 4. The minimum atomic E-state index is -0.440. The number of aliphatic hydroxyl groups excluding tert-OH is 2. The molecule has 2 aliphatic heterocycles. The van der Waals surface area contributed by atoms with E-state index in [4.69, 9.17) is 10.2 Å². The lowest BCUT2D eigenvalue weighted by Crippen LogP contribution is -2.44. The molecule has 8 nitrogen and oxygen atoms in total. The summed E-state index contributed by atoms with van der Waals surface area (Å²) in [7, 11) is 0. The molecule has 240 valence electrons. The monoisotopic (exact) mass is 786 g/mol. The van der Waals surface area contributed by atoms with Crippen molar-refractivity contribution in [2.75, 3.05) is 26.3 Å². The van der Waals surface area contributed by atoms with Crippen LogP contribution in [0.15, 0.2) is 44.0 Å². The van der Waals surface area contributed by atoms with Crippen LogP contribution in [0.4, 0.5) is 0 Å². The van der Waals surface area contributed by atoms with Gasteiger partial charge in [-0.1, -0.05) is 25.7 Å². The van der Waals surface area contributed by atoms with E-state index < -0.39 is 23.6 Å². The number of nitrogens with zero attached hydrogens (tertiary/aromatic N) is 2. The lowest BCUT2D eigenvalue weighted by atomic mass is 9.80. The summed E-state index contributed by atoms with van der Waals surface area (Å²) in [6.07, 6.45) is 5.62. The minimum Gasteiger partial charge on any atom is -0.396 e. The van der Waals surface area contributed by atoms with Gasteiger partial charge in [0.25, 0.3) is 23.6 Å². The molecule has 4 heterocycles. The first-order chi connectivity index (χ1) is 22.3. The molecular weight excluding hydrogens is 756 g/mol. The summed E-state index contributed by atoms with van der Waals surface area (Å²) in [5.74, 6) is -1.75. The molecule has 0 spiro atoms. The molecule has 2 N–H and O–H groups in total. The Morgan fingerprint density at radius 1 is 0.522 bits per heavy atom. The van der Waals surface area contributed by atoms with Gasteiger partial charge in [-0.2, -0.15) is 0 Å². The van der Waals surface area contributed by atoms with Crippen LogP contribution in [0.1, 0.15) is 92.8 Å². The second-order valence-electron chi connectivity index (χ2n) is 11.5. The van der Waals surface area contributed by atoms with Gasteiger partial charge in [-0.3, -0.25) is 29.0 Å². The first-order valence-electron chi connectivity index (χ1n) is 15.4. The van der Waals surface area contributed by atoms with Crippen molar-refractivity contribution in [1.82, 2.24) is 9.80 Å². The molecule has 2 aliphatic rings. The first-order valence-corrected chi connectivity index (χ1v) is 18.6. The van der Waals surface area contributed by atoms with Gasteiger partial charge in [0, 0.05) is 69.1 Å². The predicted octanol–water partition coefficient (Wildman–Crippen LogP) is 8.12. The number of hydrogen-bond acceptors (Lipinski definition) is 8. The Labute approximate surface area is 291 Å². The van der Waals surface area contributed by atoms with E-state index in [9.17, 15) is 19.2 Å². The summed E-state index contributed by atoms with van der Waals surface area (Å²) in [5, 5.41) is 19.1. The van der Waals surface area contributed by atoms with Crippen LogP contribution in [0.2, 0.25) is 0 Å². The Balaban J connectivity index is 1.58. The summed E-state index contributed by atoms with van der Waals surface area (Å²) < 4.78 is 1.71. The molecule has 4 aromatic rings. The average Bonchev–Trinajstić information content (AvgIpc) is 3.68. The van der Waals surface area contributed by atoms with Crippen molar-refractivity contribution in [3.63, 3.8) is 0 Å². The summed E-state index contributed by atoms with van der Waals surface area (Å²) in [6, 6.07) is 11.0. The topological polar surface area (TPSA) is 115 Å². The van der Waals surface area contributed by atoms with Crippen molar-refractivity contribution in [2.45, 2.75) is 51.4 Å². The lowest BCUT2D eigenvalue weighted by molar-refractivity contribution is 0.0586. The number of unbranched alkanes of at least 4 members (excludes halogenated alkanes) is 6. The minimum absolute atomic E-state index is 0.0988. The van der Waals surface area contributed by atoms with Crippen molar-refractivity contribution in [3.8, 4) is 20.9 Å². The molecule has 0 saturated carbocycles. The second kappa shape index (κ2) is 14.2. The highest BCUT2D eigenvalue weighted by molar-refractivity contribution is 9.11.